The van der Waals surface area contributed by atoms with E-state index in [4.69, 9.17) is 0 Å². The van der Waals surface area contributed by atoms with Crippen LogP contribution in [0.2, 0.25) is 0 Å². The number of hydrogen-bond donors (Lipinski definition) is 2. The third kappa shape index (κ3) is 4.32. The highest BCUT2D eigenvalue weighted by Crippen LogP contribution is 2.22. The number of rotatable bonds is 5. The molecule has 1 heterocycles. The average molecular weight is 348 g/mol. The predicted octanol–water partition coefficient (Wildman–Crippen LogP) is 2.64. The zero-order chi connectivity index (χ0) is 17.5. The van der Waals surface area contributed by atoms with Gasteiger partial charge in [-0.15, -0.1) is 11.3 Å². The fourth-order valence-electron chi connectivity index (χ4n) is 1.88. The molecule has 0 saturated heterocycles. The lowest BCUT2D eigenvalue weighted by molar-refractivity contribution is 0.0594. The lowest BCUT2D eigenvalue weighted by Crippen LogP contribution is -2.28. The number of urea groups is 1. The highest BCUT2D eigenvalue weighted by atomic mass is 32.1. The van der Waals surface area contributed by atoms with Crippen LogP contribution in [0.25, 0.3) is 0 Å². The molecule has 0 unspecified atom stereocenters. The molecule has 0 aliphatic rings. The van der Waals surface area contributed by atoms with Crippen molar-refractivity contribution in [2.24, 2.45) is 0 Å². The van der Waals surface area contributed by atoms with E-state index in [0.717, 1.165) is 5.56 Å². The number of carbonyl (C=O) groups is 3. The molecule has 0 bridgehead atoms. The Morgan fingerprint density at radius 3 is 2.29 bits per heavy atom. The predicted molar refractivity (Wildman–Crippen MR) is 89.3 cm³/mol. The van der Waals surface area contributed by atoms with Gasteiger partial charge in [0.1, 0.15) is 4.88 Å². The van der Waals surface area contributed by atoms with Crippen LogP contribution in [0.3, 0.4) is 0 Å². The maximum atomic E-state index is 11.9. The molecule has 2 N–H and O–H groups in total. The van der Waals surface area contributed by atoms with E-state index in [1.165, 1.54) is 25.6 Å². The molecule has 2 rings (SSSR count). The Labute approximate surface area is 142 Å². The van der Waals surface area contributed by atoms with E-state index in [-0.39, 0.29) is 6.54 Å². The van der Waals surface area contributed by atoms with Crippen molar-refractivity contribution in [2.45, 2.75) is 6.54 Å². The SMILES string of the molecule is COC(=O)c1ccc(CNC(=O)Nc2ccsc2C(=O)OC)cc1. The maximum Gasteiger partial charge on any atom is 0.350 e. The van der Waals surface area contributed by atoms with Gasteiger partial charge < -0.3 is 20.1 Å². The van der Waals surface area contributed by atoms with Gasteiger partial charge in [0.25, 0.3) is 0 Å². The molecular formula is C16H16N2O5S. The third-order valence-electron chi connectivity index (χ3n) is 3.11. The number of ether oxygens (including phenoxy) is 2. The number of thiophene rings is 1. The highest BCUT2D eigenvalue weighted by Gasteiger charge is 2.15. The quantitative estimate of drug-likeness (QED) is 0.810. The van der Waals surface area contributed by atoms with Gasteiger partial charge in [-0.05, 0) is 29.1 Å². The van der Waals surface area contributed by atoms with Crippen LogP contribution in [-0.2, 0) is 16.0 Å². The number of nitrogens with one attached hydrogen (secondary N) is 2. The molecule has 0 fully saturated rings. The van der Waals surface area contributed by atoms with Gasteiger partial charge in [0.05, 0.1) is 25.5 Å². The minimum Gasteiger partial charge on any atom is -0.465 e. The zero-order valence-corrected chi connectivity index (χ0v) is 13.9. The molecule has 0 radical (unpaired) electrons. The van der Waals surface area contributed by atoms with Crippen LogP contribution in [-0.4, -0.2) is 32.2 Å². The van der Waals surface area contributed by atoms with E-state index >= 15 is 0 Å². The summed E-state index contributed by atoms with van der Waals surface area (Å²) in [7, 11) is 2.60. The van der Waals surface area contributed by atoms with Crippen LogP contribution in [0.15, 0.2) is 35.7 Å². The molecule has 24 heavy (non-hydrogen) atoms. The van der Waals surface area contributed by atoms with Gasteiger partial charge in [-0.3, -0.25) is 0 Å². The van der Waals surface area contributed by atoms with Crippen molar-refractivity contribution in [1.82, 2.24) is 5.32 Å². The first-order valence-corrected chi connectivity index (χ1v) is 7.81. The molecule has 0 aliphatic carbocycles. The topological polar surface area (TPSA) is 93.7 Å². The number of esters is 2. The summed E-state index contributed by atoms with van der Waals surface area (Å²) in [5, 5.41) is 6.96. The third-order valence-corrected chi connectivity index (χ3v) is 4.01. The van der Waals surface area contributed by atoms with Gasteiger partial charge in [-0.2, -0.15) is 0 Å². The van der Waals surface area contributed by atoms with Gasteiger partial charge in [0, 0.05) is 6.54 Å². The van der Waals surface area contributed by atoms with Gasteiger partial charge in [-0.25, -0.2) is 14.4 Å². The van der Waals surface area contributed by atoms with E-state index in [0.29, 0.717) is 16.1 Å². The zero-order valence-electron chi connectivity index (χ0n) is 13.1. The summed E-state index contributed by atoms with van der Waals surface area (Å²) in [5.74, 6) is -0.918. The summed E-state index contributed by atoms with van der Waals surface area (Å²) < 4.78 is 9.27. The monoisotopic (exact) mass is 348 g/mol. The molecule has 1 aromatic heterocycles. The summed E-state index contributed by atoms with van der Waals surface area (Å²) in [6.07, 6.45) is 0. The summed E-state index contributed by atoms with van der Waals surface area (Å²) in [5.41, 5.74) is 1.65. The van der Waals surface area contributed by atoms with Crippen LogP contribution in [0.4, 0.5) is 10.5 Å². The van der Waals surface area contributed by atoms with Crippen LogP contribution < -0.4 is 10.6 Å². The molecule has 8 heteroatoms. The number of methoxy groups -OCH3 is 2. The first kappa shape index (κ1) is 17.5. The second-order valence-electron chi connectivity index (χ2n) is 4.65. The Kier molecular flexibility index (Phi) is 5.91. The van der Waals surface area contributed by atoms with E-state index < -0.39 is 18.0 Å². The number of amides is 2. The second kappa shape index (κ2) is 8.11. The van der Waals surface area contributed by atoms with Crippen LogP contribution in [0, 0.1) is 0 Å². The number of carbonyl (C=O) groups excluding carboxylic acids is 3. The summed E-state index contributed by atoms with van der Waals surface area (Å²) >= 11 is 1.18. The molecule has 1 aromatic carbocycles. The van der Waals surface area contributed by atoms with Gasteiger partial charge in [0.2, 0.25) is 0 Å². The highest BCUT2D eigenvalue weighted by molar-refractivity contribution is 7.12. The molecule has 0 spiro atoms. The van der Waals surface area contributed by atoms with Gasteiger partial charge >= 0.3 is 18.0 Å². The van der Waals surface area contributed by atoms with Crippen molar-refractivity contribution in [1.29, 1.82) is 0 Å². The minimum absolute atomic E-state index is 0.269. The largest absolute Gasteiger partial charge is 0.465 e. The first-order chi connectivity index (χ1) is 11.5. The van der Waals surface area contributed by atoms with Gasteiger partial charge in [-0.1, -0.05) is 12.1 Å². The van der Waals surface area contributed by atoms with E-state index in [2.05, 4.69) is 20.1 Å². The number of anilines is 1. The van der Waals surface area contributed by atoms with Crippen molar-refractivity contribution in [3.05, 3.63) is 51.7 Å². The van der Waals surface area contributed by atoms with Crippen molar-refractivity contribution in [2.75, 3.05) is 19.5 Å². The van der Waals surface area contributed by atoms with Crippen LogP contribution in [0.1, 0.15) is 25.6 Å². The number of benzene rings is 1. The summed E-state index contributed by atoms with van der Waals surface area (Å²) in [4.78, 5) is 35.1. The van der Waals surface area contributed by atoms with Crippen LogP contribution >= 0.6 is 11.3 Å². The normalized spacial score (nSPS) is 9.92. The average Bonchev–Trinajstić information content (AvgIpc) is 3.07. The van der Waals surface area contributed by atoms with Crippen molar-refractivity contribution in [3.8, 4) is 0 Å². The van der Waals surface area contributed by atoms with Crippen molar-refractivity contribution in [3.63, 3.8) is 0 Å². The van der Waals surface area contributed by atoms with Crippen molar-refractivity contribution >= 4 is 35.0 Å². The smallest absolute Gasteiger partial charge is 0.350 e. The lowest BCUT2D eigenvalue weighted by Gasteiger charge is -2.08. The molecule has 7 nitrogen and oxygen atoms in total. The molecule has 2 aromatic rings. The summed E-state index contributed by atoms with van der Waals surface area (Å²) in [6, 6.07) is 7.86. The Balaban J connectivity index is 1.91. The first-order valence-electron chi connectivity index (χ1n) is 6.93. The fraction of sp³-hybridized carbons (Fsp3) is 0.188. The van der Waals surface area contributed by atoms with E-state index in [1.54, 1.807) is 35.7 Å². The van der Waals surface area contributed by atoms with Crippen molar-refractivity contribution < 1.29 is 23.9 Å². The van der Waals surface area contributed by atoms with E-state index in [9.17, 15) is 14.4 Å². The lowest BCUT2D eigenvalue weighted by atomic mass is 10.1. The minimum atomic E-state index is -0.501. The van der Waals surface area contributed by atoms with E-state index in [1.807, 2.05) is 0 Å². The van der Waals surface area contributed by atoms with Gasteiger partial charge in [0.15, 0.2) is 0 Å². The second-order valence-corrected chi connectivity index (χ2v) is 5.57. The Hall–Kier alpha value is -2.87. The Bertz CT molecular complexity index is 739. The maximum absolute atomic E-state index is 11.9. The molecular weight excluding hydrogens is 332 g/mol. The molecule has 0 atom stereocenters. The molecule has 0 saturated carbocycles. The Morgan fingerprint density at radius 1 is 1.00 bits per heavy atom. The number of hydrogen-bond acceptors (Lipinski definition) is 6. The molecule has 126 valence electrons. The molecule has 0 aliphatic heterocycles. The standard InChI is InChI=1S/C16H16N2O5S/c1-22-14(19)11-5-3-10(4-6-11)9-17-16(21)18-12-7-8-24-13(12)15(20)23-2/h3-8H,9H2,1-2H3,(H2,17,18,21). The van der Waals surface area contributed by atoms with Crippen LogP contribution in [0.5, 0.6) is 0 Å². The Morgan fingerprint density at radius 2 is 1.67 bits per heavy atom. The summed E-state index contributed by atoms with van der Waals surface area (Å²) in [6.45, 7) is 0.269. The molecule has 2 amide bonds. The fourth-order valence-corrected chi connectivity index (χ4v) is 2.65.